The number of aromatic amines is 1. The highest BCUT2D eigenvalue weighted by molar-refractivity contribution is 5.79. The summed E-state index contributed by atoms with van der Waals surface area (Å²) in [7, 11) is 0. The zero-order valence-corrected chi connectivity index (χ0v) is 16.7. The molecule has 31 heavy (non-hydrogen) atoms. The summed E-state index contributed by atoms with van der Waals surface area (Å²) >= 11 is 0. The SMILES string of the molecule is O=C(NCCC(O)C(O)c1c[nH]c(=O)cn1)OCC1c2ccccc2-c2ccccc21. The number of hydrogen-bond acceptors (Lipinski definition) is 6. The van der Waals surface area contributed by atoms with Gasteiger partial charge in [-0.25, -0.2) is 4.79 Å². The summed E-state index contributed by atoms with van der Waals surface area (Å²) in [6, 6.07) is 16.2. The standard InChI is InChI=1S/C23H23N3O5/c27-20(22(29)19-11-26-21(28)12-25-19)9-10-24-23(30)31-13-18-16-7-3-1-5-14(16)15-6-2-4-8-17(15)18/h1-8,11-12,18,20,22,27,29H,9-10,13H2,(H,24,30)(H,26,28). The molecule has 1 heterocycles. The molecule has 4 N–H and O–H groups in total. The minimum absolute atomic E-state index is 0.0307. The maximum Gasteiger partial charge on any atom is 0.407 e. The van der Waals surface area contributed by atoms with Crippen molar-refractivity contribution in [1.29, 1.82) is 0 Å². The van der Waals surface area contributed by atoms with E-state index in [1.54, 1.807) is 0 Å². The predicted octanol–water partition coefficient (Wildman–Crippen LogP) is 2.09. The summed E-state index contributed by atoms with van der Waals surface area (Å²) in [5, 5.41) is 22.8. The lowest BCUT2D eigenvalue weighted by molar-refractivity contribution is 0.0109. The second-order valence-electron chi connectivity index (χ2n) is 7.39. The van der Waals surface area contributed by atoms with Gasteiger partial charge in [-0.2, -0.15) is 0 Å². The number of ether oxygens (including phenoxy) is 1. The Kier molecular flexibility index (Phi) is 6.11. The van der Waals surface area contributed by atoms with Crippen molar-refractivity contribution >= 4 is 6.09 Å². The molecule has 2 atom stereocenters. The highest BCUT2D eigenvalue weighted by Gasteiger charge is 2.29. The number of fused-ring (bicyclic) bond motifs is 3. The van der Waals surface area contributed by atoms with Crippen LogP contribution in [-0.4, -0.2) is 45.5 Å². The summed E-state index contributed by atoms with van der Waals surface area (Å²) in [5.41, 5.74) is 4.31. The summed E-state index contributed by atoms with van der Waals surface area (Å²) in [6.45, 7) is 0.310. The number of nitrogens with zero attached hydrogens (tertiary/aromatic N) is 1. The van der Waals surface area contributed by atoms with Crippen LogP contribution in [0.1, 0.15) is 35.3 Å². The molecule has 1 aromatic heterocycles. The van der Waals surface area contributed by atoms with Crippen LogP contribution in [0.25, 0.3) is 11.1 Å². The van der Waals surface area contributed by atoms with Crippen LogP contribution in [0.2, 0.25) is 0 Å². The first-order valence-electron chi connectivity index (χ1n) is 10.0. The smallest absolute Gasteiger partial charge is 0.407 e. The van der Waals surface area contributed by atoms with Crippen LogP contribution >= 0.6 is 0 Å². The number of hydrogen-bond donors (Lipinski definition) is 4. The molecule has 0 radical (unpaired) electrons. The molecular weight excluding hydrogens is 398 g/mol. The number of H-pyrrole nitrogens is 1. The van der Waals surface area contributed by atoms with E-state index in [4.69, 9.17) is 4.74 Å². The van der Waals surface area contributed by atoms with Crippen LogP contribution in [-0.2, 0) is 4.74 Å². The number of amides is 1. The van der Waals surface area contributed by atoms with Crippen LogP contribution in [0.15, 0.2) is 65.7 Å². The molecule has 8 heteroatoms. The van der Waals surface area contributed by atoms with Crippen molar-refractivity contribution in [3.63, 3.8) is 0 Å². The van der Waals surface area contributed by atoms with Crippen LogP contribution in [0.4, 0.5) is 4.79 Å². The Labute approximate surface area is 178 Å². The lowest BCUT2D eigenvalue weighted by Gasteiger charge is -2.18. The van der Waals surface area contributed by atoms with E-state index in [1.807, 2.05) is 36.4 Å². The Bertz CT molecular complexity index is 1060. The molecule has 3 aromatic rings. The van der Waals surface area contributed by atoms with Crippen molar-refractivity contribution in [3.05, 3.63) is 88.1 Å². The number of aromatic nitrogens is 2. The summed E-state index contributed by atoms with van der Waals surface area (Å²) < 4.78 is 5.43. The fraction of sp³-hybridized carbons (Fsp3) is 0.261. The second kappa shape index (κ2) is 9.11. The second-order valence-corrected chi connectivity index (χ2v) is 7.39. The normalized spacial score (nSPS) is 14.4. The van der Waals surface area contributed by atoms with Gasteiger partial charge in [-0.15, -0.1) is 0 Å². The number of carbonyl (C=O) groups excluding carboxylic acids is 1. The van der Waals surface area contributed by atoms with E-state index < -0.39 is 23.9 Å². The molecular formula is C23H23N3O5. The van der Waals surface area contributed by atoms with Crippen molar-refractivity contribution in [2.45, 2.75) is 24.5 Å². The molecule has 2 unspecified atom stereocenters. The van der Waals surface area contributed by atoms with Crippen molar-refractivity contribution in [1.82, 2.24) is 15.3 Å². The number of benzene rings is 2. The largest absolute Gasteiger partial charge is 0.449 e. The van der Waals surface area contributed by atoms with Gasteiger partial charge < -0.3 is 25.3 Å². The lowest BCUT2D eigenvalue weighted by Crippen LogP contribution is -2.31. The zero-order valence-electron chi connectivity index (χ0n) is 16.7. The molecule has 2 aromatic carbocycles. The first kappa shape index (κ1) is 20.8. The Hall–Kier alpha value is -3.49. The Morgan fingerprint density at radius 1 is 1.10 bits per heavy atom. The van der Waals surface area contributed by atoms with Gasteiger partial charge in [0.05, 0.1) is 18.0 Å². The lowest BCUT2D eigenvalue weighted by atomic mass is 9.98. The molecule has 4 rings (SSSR count). The van der Waals surface area contributed by atoms with Gasteiger partial charge in [-0.1, -0.05) is 48.5 Å². The van der Waals surface area contributed by atoms with Gasteiger partial charge in [0.15, 0.2) is 0 Å². The fourth-order valence-electron chi connectivity index (χ4n) is 3.84. The van der Waals surface area contributed by atoms with Gasteiger partial charge in [0.2, 0.25) is 0 Å². The topological polar surface area (TPSA) is 125 Å². The number of rotatable bonds is 7. The number of aliphatic hydroxyl groups excluding tert-OH is 2. The highest BCUT2D eigenvalue weighted by Crippen LogP contribution is 2.44. The fourth-order valence-corrected chi connectivity index (χ4v) is 3.84. The third kappa shape index (κ3) is 4.50. The third-order valence-electron chi connectivity index (χ3n) is 5.41. The van der Waals surface area contributed by atoms with Gasteiger partial charge in [-0.3, -0.25) is 9.78 Å². The number of alkyl carbamates (subject to hydrolysis) is 1. The van der Waals surface area contributed by atoms with E-state index in [0.29, 0.717) is 0 Å². The predicted molar refractivity (Wildman–Crippen MR) is 114 cm³/mol. The molecule has 1 aliphatic rings. The molecule has 0 saturated heterocycles. The maximum atomic E-state index is 12.2. The first-order valence-corrected chi connectivity index (χ1v) is 10.0. The van der Waals surface area contributed by atoms with Crippen molar-refractivity contribution in [2.24, 2.45) is 0 Å². The molecule has 1 aliphatic carbocycles. The number of carbonyl (C=O) groups is 1. The molecule has 0 spiro atoms. The molecule has 8 nitrogen and oxygen atoms in total. The number of aliphatic hydroxyl groups is 2. The third-order valence-corrected chi connectivity index (χ3v) is 5.41. The molecule has 0 saturated carbocycles. The molecule has 160 valence electrons. The van der Waals surface area contributed by atoms with Crippen LogP contribution in [0.3, 0.4) is 0 Å². The summed E-state index contributed by atoms with van der Waals surface area (Å²) in [6.07, 6.45) is -0.666. The summed E-state index contributed by atoms with van der Waals surface area (Å²) in [5.74, 6) is -0.0307. The summed E-state index contributed by atoms with van der Waals surface area (Å²) in [4.78, 5) is 29.4. The van der Waals surface area contributed by atoms with Gasteiger partial charge in [-0.05, 0) is 28.7 Å². The maximum absolute atomic E-state index is 12.2. The average molecular weight is 421 g/mol. The molecule has 0 fully saturated rings. The molecule has 1 amide bonds. The highest BCUT2D eigenvalue weighted by atomic mass is 16.5. The Balaban J connectivity index is 1.28. The molecule has 0 bridgehead atoms. The zero-order chi connectivity index (χ0) is 21.8. The van der Waals surface area contributed by atoms with Crippen LogP contribution in [0, 0.1) is 0 Å². The minimum Gasteiger partial charge on any atom is -0.449 e. The monoisotopic (exact) mass is 421 g/mol. The Morgan fingerprint density at radius 2 is 1.74 bits per heavy atom. The van der Waals surface area contributed by atoms with E-state index in [2.05, 4.69) is 27.4 Å². The first-order chi connectivity index (χ1) is 15.0. The van der Waals surface area contributed by atoms with Crippen molar-refractivity contribution < 1.29 is 19.7 Å². The van der Waals surface area contributed by atoms with E-state index >= 15 is 0 Å². The van der Waals surface area contributed by atoms with Gasteiger partial charge >= 0.3 is 6.09 Å². The average Bonchev–Trinajstić information content (AvgIpc) is 3.11. The van der Waals surface area contributed by atoms with Gasteiger partial charge in [0, 0.05) is 18.7 Å². The van der Waals surface area contributed by atoms with E-state index in [9.17, 15) is 19.8 Å². The van der Waals surface area contributed by atoms with Gasteiger partial charge in [0.1, 0.15) is 12.7 Å². The van der Waals surface area contributed by atoms with Crippen LogP contribution < -0.4 is 10.9 Å². The van der Waals surface area contributed by atoms with E-state index in [-0.39, 0.29) is 31.2 Å². The van der Waals surface area contributed by atoms with Crippen LogP contribution in [0.5, 0.6) is 0 Å². The van der Waals surface area contributed by atoms with Crippen molar-refractivity contribution in [2.75, 3.05) is 13.2 Å². The van der Waals surface area contributed by atoms with Crippen molar-refractivity contribution in [3.8, 4) is 11.1 Å². The minimum atomic E-state index is -1.28. The Morgan fingerprint density at radius 3 is 2.35 bits per heavy atom. The van der Waals surface area contributed by atoms with E-state index in [1.165, 1.54) is 6.20 Å². The van der Waals surface area contributed by atoms with E-state index in [0.717, 1.165) is 28.5 Å². The quantitative estimate of drug-likeness (QED) is 0.463. The molecule has 0 aliphatic heterocycles. The number of nitrogens with one attached hydrogen (secondary N) is 2. The van der Waals surface area contributed by atoms with Gasteiger partial charge in [0.25, 0.3) is 5.56 Å².